The third-order valence-corrected chi connectivity index (χ3v) is 3.10. The summed E-state index contributed by atoms with van der Waals surface area (Å²) in [6, 6.07) is 3.80. The molecule has 0 spiro atoms. The molecule has 0 bridgehead atoms. The first-order valence-electron chi connectivity index (χ1n) is 6.38. The predicted octanol–water partition coefficient (Wildman–Crippen LogP) is 4.08. The Morgan fingerprint density at radius 3 is 2.47 bits per heavy atom. The minimum Gasteiger partial charge on any atom is -0.494 e. The molecule has 0 saturated carbocycles. The molecule has 0 unspecified atom stereocenters. The van der Waals surface area contributed by atoms with Crippen LogP contribution in [0.3, 0.4) is 0 Å². The molecule has 0 aliphatic heterocycles. The first kappa shape index (κ1) is 13.8. The van der Waals surface area contributed by atoms with Crippen molar-refractivity contribution in [2.45, 2.75) is 47.0 Å². The highest BCUT2D eigenvalue weighted by Gasteiger charge is 2.12. The quantitative estimate of drug-likeness (QED) is 0.693. The van der Waals surface area contributed by atoms with E-state index >= 15 is 0 Å². The van der Waals surface area contributed by atoms with Gasteiger partial charge in [0.15, 0.2) is 5.78 Å². The van der Waals surface area contributed by atoms with Crippen LogP contribution in [0.25, 0.3) is 0 Å². The van der Waals surface area contributed by atoms with Crippen LogP contribution in [-0.4, -0.2) is 12.4 Å². The summed E-state index contributed by atoms with van der Waals surface area (Å²) in [4.78, 5) is 12.0. The minimum atomic E-state index is 0.246. The van der Waals surface area contributed by atoms with Crippen LogP contribution in [0.1, 0.15) is 54.6 Å². The first-order valence-corrected chi connectivity index (χ1v) is 6.38. The van der Waals surface area contributed by atoms with Gasteiger partial charge in [-0.15, -0.1) is 0 Å². The molecule has 1 rings (SSSR count). The summed E-state index contributed by atoms with van der Waals surface area (Å²) in [5.41, 5.74) is 2.98. The summed E-state index contributed by atoms with van der Waals surface area (Å²) in [5.74, 6) is 1.13. The van der Waals surface area contributed by atoms with Gasteiger partial charge in [0.25, 0.3) is 0 Å². The van der Waals surface area contributed by atoms with Gasteiger partial charge in [0.05, 0.1) is 6.61 Å². The molecule has 0 aliphatic carbocycles. The summed E-state index contributed by atoms with van der Waals surface area (Å²) in [7, 11) is 0. The maximum absolute atomic E-state index is 12.0. The van der Waals surface area contributed by atoms with Gasteiger partial charge in [0.1, 0.15) is 5.75 Å². The van der Waals surface area contributed by atoms with Crippen molar-refractivity contribution in [2.24, 2.45) is 0 Å². The van der Waals surface area contributed by atoms with Gasteiger partial charge in [-0.2, -0.15) is 0 Å². The zero-order chi connectivity index (χ0) is 12.8. The molecule has 94 valence electrons. The Hall–Kier alpha value is -1.31. The maximum Gasteiger partial charge on any atom is 0.163 e. The molecule has 0 saturated heterocycles. The Bertz CT molecular complexity index is 394. The first-order chi connectivity index (χ1) is 8.11. The molecule has 1 aromatic rings. The second-order valence-electron chi connectivity index (χ2n) is 4.32. The fourth-order valence-corrected chi connectivity index (χ4v) is 1.88. The van der Waals surface area contributed by atoms with Gasteiger partial charge in [-0.05, 0) is 50.5 Å². The maximum atomic E-state index is 12.0. The van der Waals surface area contributed by atoms with Crippen molar-refractivity contribution >= 4 is 5.78 Å². The number of rotatable bonds is 6. The number of benzene rings is 1. The van der Waals surface area contributed by atoms with E-state index in [4.69, 9.17) is 4.74 Å². The van der Waals surface area contributed by atoms with Crippen molar-refractivity contribution in [1.29, 1.82) is 0 Å². The fourth-order valence-electron chi connectivity index (χ4n) is 1.88. The fraction of sp³-hybridized carbons (Fsp3) is 0.533. The van der Waals surface area contributed by atoms with E-state index in [-0.39, 0.29) is 5.78 Å². The van der Waals surface area contributed by atoms with Gasteiger partial charge in [-0.3, -0.25) is 4.79 Å². The average Bonchev–Trinajstić information content (AvgIpc) is 2.32. The zero-order valence-electron chi connectivity index (χ0n) is 11.3. The molecule has 0 atom stereocenters. The molecule has 2 heteroatoms. The number of carbonyl (C=O) groups excluding carboxylic acids is 1. The molecule has 1 aromatic carbocycles. The van der Waals surface area contributed by atoms with E-state index in [0.29, 0.717) is 13.0 Å². The molecule has 0 aromatic heterocycles. The van der Waals surface area contributed by atoms with Crippen LogP contribution in [0.5, 0.6) is 5.75 Å². The Labute approximate surface area is 104 Å². The van der Waals surface area contributed by atoms with E-state index in [2.05, 4.69) is 6.92 Å². The Balaban J connectivity index is 2.95. The van der Waals surface area contributed by atoms with Crippen LogP contribution < -0.4 is 4.74 Å². The summed E-state index contributed by atoms with van der Waals surface area (Å²) >= 11 is 0. The van der Waals surface area contributed by atoms with Crippen LogP contribution in [0, 0.1) is 13.8 Å². The minimum absolute atomic E-state index is 0.246. The summed E-state index contributed by atoms with van der Waals surface area (Å²) < 4.78 is 5.52. The molecular formula is C15H22O2. The van der Waals surface area contributed by atoms with Crippen molar-refractivity contribution in [2.75, 3.05) is 6.61 Å². The SMILES string of the molecule is CCCCC(=O)c1ccc(OCC)c(C)c1C. The second kappa shape index (κ2) is 6.43. The number of Topliss-reactive ketones (excluding diaryl/α,β-unsaturated/α-hetero) is 1. The van der Waals surface area contributed by atoms with Crippen molar-refractivity contribution in [3.63, 3.8) is 0 Å². The van der Waals surface area contributed by atoms with Gasteiger partial charge in [-0.25, -0.2) is 0 Å². The lowest BCUT2D eigenvalue weighted by atomic mass is 9.97. The van der Waals surface area contributed by atoms with Gasteiger partial charge in [0, 0.05) is 12.0 Å². The predicted molar refractivity (Wildman–Crippen MR) is 70.9 cm³/mol. The summed E-state index contributed by atoms with van der Waals surface area (Å²) in [6.07, 6.45) is 2.66. The molecule has 0 radical (unpaired) electrons. The lowest BCUT2D eigenvalue weighted by Gasteiger charge is -2.12. The Morgan fingerprint density at radius 2 is 1.88 bits per heavy atom. The van der Waals surface area contributed by atoms with Crippen molar-refractivity contribution in [1.82, 2.24) is 0 Å². The number of carbonyl (C=O) groups is 1. The zero-order valence-corrected chi connectivity index (χ0v) is 11.3. The molecule has 17 heavy (non-hydrogen) atoms. The highest BCUT2D eigenvalue weighted by Crippen LogP contribution is 2.25. The Kier molecular flexibility index (Phi) is 5.20. The standard InChI is InChI=1S/C15H22O2/c1-5-7-8-14(16)13-9-10-15(17-6-2)12(4)11(13)3/h9-10H,5-8H2,1-4H3. The number of hydrogen-bond donors (Lipinski definition) is 0. The summed E-state index contributed by atoms with van der Waals surface area (Å²) in [5, 5.41) is 0. The van der Waals surface area contributed by atoms with Gasteiger partial charge >= 0.3 is 0 Å². The van der Waals surface area contributed by atoms with E-state index in [9.17, 15) is 4.79 Å². The van der Waals surface area contributed by atoms with Crippen LogP contribution in [0.4, 0.5) is 0 Å². The number of ether oxygens (including phenoxy) is 1. The van der Waals surface area contributed by atoms with Crippen LogP contribution >= 0.6 is 0 Å². The van der Waals surface area contributed by atoms with Crippen LogP contribution in [0.2, 0.25) is 0 Å². The number of unbranched alkanes of at least 4 members (excludes halogenated alkanes) is 1. The van der Waals surface area contributed by atoms with Crippen molar-refractivity contribution < 1.29 is 9.53 Å². The molecule has 0 N–H and O–H groups in total. The van der Waals surface area contributed by atoms with Gasteiger partial charge in [-0.1, -0.05) is 13.3 Å². The molecule has 0 fully saturated rings. The number of ketones is 1. The number of hydrogen-bond acceptors (Lipinski definition) is 2. The molecular weight excluding hydrogens is 212 g/mol. The van der Waals surface area contributed by atoms with E-state index in [1.807, 2.05) is 32.9 Å². The van der Waals surface area contributed by atoms with Gasteiger partial charge in [0.2, 0.25) is 0 Å². The molecule has 0 amide bonds. The second-order valence-corrected chi connectivity index (χ2v) is 4.32. The highest BCUT2D eigenvalue weighted by atomic mass is 16.5. The third-order valence-electron chi connectivity index (χ3n) is 3.10. The lowest BCUT2D eigenvalue weighted by Crippen LogP contribution is -2.04. The van der Waals surface area contributed by atoms with Crippen LogP contribution in [-0.2, 0) is 0 Å². The van der Waals surface area contributed by atoms with Crippen LogP contribution in [0.15, 0.2) is 12.1 Å². The monoisotopic (exact) mass is 234 g/mol. The Morgan fingerprint density at radius 1 is 1.18 bits per heavy atom. The van der Waals surface area contributed by atoms with E-state index in [0.717, 1.165) is 35.3 Å². The average molecular weight is 234 g/mol. The largest absolute Gasteiger partial charge is 0.494 e. The smallest absolute Gasteiger partial charge is 0.163 e. The summed E-state index contributed by atoms with van der Waals surface area (Å²) in [6.45, 7) is 8.73. The van der Waals surface area contributed by atoms with Gasteiger partial charge < -0.3 is 4.74 Å². The van der Waals surface area contributed by atoms with E-state index in [1.165, 1.54) is 0 Å². The molecule has 0 aliphatic rings. The van der Waals surface area contributed by atoms with Crippen molar-refractivity contribution in [3.05, 3.63) is 28.8 Å². The topological polar surface area (TPSA) is 26.3 Å². The highest BCUT2D eigenvalue weighted by molar-refractivity contribution is 5.97. The van der Waals surface area contributed by atoms with Crippen molar-refractivity contribution in [3.8, 4) is 5.75 Å². The van der Waals surface area contributed by atoms with E-state index in [1.54, 1.807) is 0 Å². The molecule has 0 heterocycles. The third kappa shape index (κ3) is 3.32. The lowest BCUT2D eigenvalue weighted by molar-refractivity contribution is 0.0979. The molecule has 2 nitrogen and oxygen atoms in total. The van der Waals surface area contributed by atoms with E-state index < -0.39 is 0 Å². The normalized spacial score (nSPS) is 10.4.